The predicted octanol–water partition coefficient (Wildman–Crippen LogP) is -9.85. The van der Waals surface area contributed by atoms with E-state index in [1.165, 1.54) is 0 Å². The van der Waals surface area contributed by atoms with Crippen LogP contribution in [0.1, 0.15) is 0 Å². The van der Waals surface area contributed by atoms with Gasteiger partial charge in [-0.2, -0.15) is 0 Å². The number of rotatable bonds is 0. The fraction of sp³-hybridized carbons (Fsp3) is 0. The van der Waals surface area contributed by atoms with Gasteiger partial charge in [0.25, 0.3) is 0 Å². The molecular formula is H23NO23U3-18. The molecule has 0 aliphatic carbocycles. The summed E-state index contributed by atoms with van der Waals surface area (Å²) in [5, 5.41) is 14.8. The Bertz CT molecular complexity index is 42.6. The van der Waals surface area contributed by atoms with Crippen LogP contribution in [-0.2, 0) is 38.3 Å². The molecule has 24 nitrogen and oxygen atoms in total. The fourth-order valence-electron chi connectivity index (χ4n) is 0. The molecule has 0 spiro atoms. The van der Waals surface area contributed by atoms with Crippen LogP contribution in [0.4, 0.5) is 0 Å². The molecular weight excluding hydrogens is 1100 g/mol. The Labute approximate surface area is 221 Å². The van der Waals surface area contributed by atoms with E-state index >= 15 is 0 Å². The molecule has 0 aromatic heterocycles. The third kappa shape index (κ3) is 7430. The van der Waals surface area contributed by atoms with Crippen LogP contribution >= 0.6 is 0 Å². The van der Waals surface area contributed by atoms with Crippen molar-refractivity contribution in [2.75, 3.05) is 0 Å². The van der Waals surface area contributed by atoms with E-state index in [1.54, 1.807) is 0 Å². The van der Waals surface area contributed by atoms with Gasteiger partial charge in [0.2, 0.25) is 0 Å². The second-order valence-electron chi connectivity index (χ2n) is 0.224. The maximum absolute atomic E-state index is 8.25. The molecule has 0 fully saturated rings. The third-order valence-electron chi connectivity index (χ3n) is 0. The van der Waals surface area contributed by atoms with E-state index in [0.717, 1.165) is 0 Å². The maximum Gasteiger partial charge on any atom is 0.0689 e. The minimum atomic E-state index is -1.75. The fourth-order valence-corrected chi connectivity index (χ4v) is 0. The molecule has 23 N–H and O–H groups in total. The topological polar surface area (TPSA) is 671 Å². The van der Waals surface area contributed by atoms with E-state index in [9.17, 15) is 0 Å². The molecule has 0 aliphatic rings. The molecule has 0 rings (SSSR count). The summed E-state index contributed by atoms with van der Waals surface area (Å²) >= 11 is 0. The molecule has 0 aromatic carbocycles. The zero-order valence-electron chi connectivity index (χ0n) is 12.4. The summed E-state index contributed by atoms with van der Waals surface area (Å²) in [4.78, 5) is 8.25. The second kappa shape index (κ2) is 936. The average molecular weight is 1120 g/mol. The van der Waals surface area contributed by atoms with Crippen molar-refractivity contribution in [1.29, 1.82) is 0 Å². The van der Waals surface area contributed by atoms with Crippen molar-refractivity contribution in [1.82, 2.24) is 0 Å². The van der Waals surface area contributed by atoms with Gasteiger partial charge in [0.1, 0.15) is 0 Å². The molecule has 0 atom stereocenters. The van der Waals surface area contributed by atoms with Gasteiger partial charge >= 0.3 is 0 Å². The van der Waals surface area contributed by atoms with E-state index in [0.29, 0.717) is 0 Å². The first kappa shape index (κ1) is 1040. The normalized spacial score (nSPS) is 0.889. The average Bonchev–Trinajstić information content (AvgIpc) is 0.811. The van der Waals surface area contributed by atoms with Crippen molar-refractivity contribution in [2.24, 2.45) is 0 Å². The molecule has 0 saturated carbocycles. The standard InChI is InChI=1S/NO3.13H2O.7O.3U/c2-1(3)4;;;;;;;;;;;;;;;;;;;;;;;/h;13*1H2;;;;;;;;;;/q-1;;;;;;;;;;;;;;7*-2;;;/p-3. The number of nitrogens with zero attached hydrogens (tertiary/aromatic N) is 1. The first-order chi connectivity index (χ1) is 1.73. The molecule has 196 valence electrons. The molecule has 0 aromatic rings. The Balaban J connectivity index is -0.000000000178. The summed E-state index contributed by atoms with van der Waals surface area (Å²) in [6, 6.07) is 0. The first-order valence-electron chi connectivity index (χ1n) is 0.548. The van der Waals surface area contributed by atoms with Gasteiger partial charge in [-0.05, 0) is 0 Å². The summed E-state index contributed by atoms with van der Waals surface area (Å²) in [7, 11) is 0. The maximum atomic E-state index is 8.25. The van der Waals surface area contributed by atoms with Gasteiger partial charge in [-0.25, -0.2) is 0 Å². The third-order valence-corrected chi connectivity index (χ3v) is 0. The Morgan fingerprint density at radius 2 is 0.370 bits per heavy atom. The predicted molar refractivity (Wildman–Crippen MR) is 57.1 cm³/mol. The van der Waals surface area contributed by atoms with E-state index in [4.69, 9.17) is 15.3 Å². The number of hydrogen-bond donors (Lipinski definition) is 0. The quantitative estimate of drug-likeness (QED) is 0.167. The van der Waals surface area contributed by atoms with Crippen molar-refractivity contribution < 1.29 is 208 Å². The van der Waals surface area contributed by atoms with Crippen LogP contribution in [0.2, 0.25) is 0 Å². The largest absolute Gasteiger partial charge is 2.00 e. The molecule has 0 unspecified atom stereocenters. The minimum absolute atomic E-state index is 0. The summed E-state index contributed by atoms with van der Waals surface area (Å²) in [5.74, 6) is 0. The van der Waals surface area contributed by atoms with Gasteiger partial charge in [0.15, 0.2) is 0 Å². The molecule has 0 saturated heterocycles. The minimum Gasteiger partial charge on any atom is -2.00 e. The van der Waals surface area contributed by atoms with Gasteiger partial charge in [-0.15, -0.1) is 0 Å². The molecule has 27 heteroatoms. The van der Waals surface area contributed by atoms with Gasteiger partial charge < -0.3 is 125 Å². The number of hydrogen-bond acceptors (Lipinski definition) is 6. The van der Waals surface area contributed by atoms with E-state index in [-0.39, 0.29) is 203 Å². The van der Waals surface area contributed by atoms with Crippen molar-refractivity contribution in [3.8, 4) is 0 Å². The van der Waals surface area contributed by atoms with Crippen LogP contribution in [0, 0.1) is 109 Å². The Hall–Kier alpha value is 1.56. The molecule has 0 heterocycles. The van der Waals surface area contributed by atoms with Crippen molar-refractivity contribution in [3.63, 3.8) is 0 Å². The SMILES string of the molecule is O.O.O.O.O.O.O.O.O.O.O=[N+]([O-])[O-].[O-2].[O-2].[O-2].[O-2].[O-2].[O-2].[O-2].[OH-].[OH-].[OH-].[U].[U].[U]. The molecule has 27 heavy (non-hydrogen) atoms. The zero-order valence-corrected chi connectivity index (χ0v) is 24.9. The van der Waals surface area contributed by atoms with Crippen LogP contribution in [0.25, 0.3) is 0 Å². The van der Waals surface area contributed by atoms with Gasteiger partial charge in [0, 0.05) is 93.3 Å². The molecule has 0 bridgehead atoms. The molecule has 0 amide bonds. The van der Waals surface area contributed by atoms with Crippen molar-refractivity contribution in [2.45, 2.75) is 0 Å². The first-order valence-corrected chi connectivity index (χ1v) is 0.548. The van der Waals surface area contributed by atoms with E-state index in [2.05, 4.69) is 0 Å². The van der Waals surface area contributed by atoms with Crippen LogP contribution in [0.5, 0.6) is 0 Å². The van der Waals surface area contributed by atoms with Crippen LogP contribution in [0.3, 0.4) is 0 Å². The Morgan fingerprint density at radius 3 is 0.370 bits per heavy atom. The van der Waals surface area contributed by atoms with E-state index < -0.39 is 5.09 Å². The Morgan fingerprint density at radius 1 is 0.370 bits per heavy atom. The van der Waals surface area contributed by atoms with Crippen LogP contribution in [-0.4, -0.2) is 76.3 Å². The van der Waals surface area contributed by atoms with Crippen molar-refractivity contribution in [3.05, 3.63) is 15.3 Å². The van der Waals surface area contributed by atoms with E-state index in [1.807, 2.05) is 0 Å². The van der Waals surface area contributed by atoms with Gasteiger partial charge in [-0.3, -0.25) is 0 Å². The summed E-state index contributed by atoms with van der Waals surface area (Å²) < 4.78 is 0. The monoisotopic (exact) mass is 1120 g/mol. The second-order valence-corrected chi connectivity index (χ2v) is 0.224. The molecule has 0 radical (unpaired) electrons. The van der Waals surface area contributed by atoms with Gasteiger partial charge in [-0.1, -0.05) is 0 Å². The van der Waals surface area contributed by atoms with Crippen LogP contribution in [0.15, 0.2) is 0 Å². The van der Waals surface area contributed by atoms with Gasteiger partial charge in [0.05, 0.1) is 5.09 Å². The summed E-state index contributed by atoms with van der Waals surface area (Å²) in [6.07, 6.45) is 0. The Kier molecular flexibility index (Phi) is 36200. The summed E-state index contributed by atoms with van der Waals surface area (Å²) in [6.45, 7) is 0. The smallest absolute Gasteiger partial charge is 0.0689 e. The van der Waals surface area contributed by atoms with Crippen molar-refractivity contribution >= 4 is 0 Å². The molecule has 0 aliphatic heterocycles. The zero-order chi connectivity index (χ0) is 3.58. The summed E-state index contributed by atoms with van der Waals surface area (Å²) in [5.41, 5.74) is 0. The van der Waals surface area contributed by atoms with Crippen LogP contribution < -0.4 is 0 Å².